The summed E-state index contributed by atoms with van der Waals surface area (Å²) in [4.78, 5) is 38.5. The van der Waals surface area contributed by atoms with Crippen LogP contribution in [-0.4, -0.2) is 35.4 Å². The van der Waals surface area contributed by atoms with Crippen LogP contribution in [0.4, 0.5) is 0 Å². The third kappa shape index (κ3) is 5.49. The van der Waals surface area contributed by atoms with Crippen molar-refractivity contribution in [3.05, 3.63) is 35.5 Å². The summed E-state index contributed by atoms with van der Waals surface area (Å²) in [6, 6.07) is 0. The van der Waals surface area contributed by atoms with E-state index in [1.807, 2.05) is 13.8 Å². The van der Waals surface area contributed by atoms with Gasteiger partial charge < -0.3 is 14.6 Å². The van der Waals surface area contributed by atoms with E-state index in [1.54, 1.807) is 20.8 Å². The molecule has 284 valence electrons. The van der Waals surface area contributed by atoms with Crippen LogP contribution in [0.2, 0.25) is 0 Å². The summed E-state index contributed by atoms with van der Waals surface area (Å²) in [5.41, 5.74) is 4.01. The van der Waals surface area contributed by atoms with E-state index >= 15 is 0 Å². The molecule has 9 atom stereocenters. The summed E-state index contributed by atoms with van der Waals surface area (Å²) in [5.74, 6) is 2.49. The first-order valence-electron chi connectivity index (χ1n) is 20.5. The number of allylic oxidation sites excluding steroid dienone is 5. The molecule has 7 aliphatic carbocycles. The lowest BCUT2D eigenvalue weighted by Gasteiger charge is -2.72. The van der Waals surface area contributed by atoms with Gasteiger partial charge in [0.05, 0.1) is 6.10 Å². The smallest absolute Gasteiger partial charge is 0.319 e. The summed E-state index contributed by atoms with van der Waals surface area (Å²) < 4.78 is 5.55. The van der Waals surface area contributed by atoms with Crippen molar-refractivity contribution in [2.75, 3.05) is 0 Å². The average Bonchev–Trinajstić information content (AvgIpc) is 3.37. The minimum absolute atomic E-state index is 0.0353. The van der Waals surface area contributed by atoms with E-state index in [1.165, 1.54) is 55.1 Å². The molecule has 0 aromatic heterocycles. The van der Waals surface area contributed by atoms with Crippen LogP contribution in [0.1, 0.15) is 153 Å². The van der Waals surface area contributed by atoms with Gasteiger partial charge in [0.15, 0.2) is 0 Å². The van der Waals surface area contributed by atoms with Crippen LogP contribution < -0.4 is 0 Å². The highest BCUT2D eigenvalue weighted by Crippen LogP contribution is 2.78. The zero-order valence-electron chi connectivity index (χ0n) is 34.0. The minimum Gasteiger partial charge on any atom is -0.462 e. The summed E-state index contributed by atoms with van der Waals surface area (Å²) in [6.45, 7) is 28.4. The van der Waals surface area contributed by atoms with Crippen LogP contribution >= 0.6 is 0 Å². The first-order chi connectivity index (χ1) is 23.6. The lowest BCUT2D eigenvalue weighted by atomic mass is 9.32. The van der Waals surface area contributed by atoms with E-state index in [-0.39, 0.29) is 56.5 Å². The van der Waals surface area contributed by atoms with Crippen molar-refractivity contribution in [2.24, 2.45) is 67.5 Å². The van der Waals surface area contributed by atoms with Crippen LogP contribution in [0.5, 0.6) is 0 Å². The second kappa shape index (κ2) is 12.5. The molecule has 5 saturated carbocycles. The van der Waals surface area contributed by atoms with Gasteiger partial charge in [0, 0.05) is 11.5 Å². The Labute approximate surface area is 309 Å². The summed E-state index contributed by atoms with van der Waals surface area (Å²) >= 11 is 0. The van der Waals surface area contributed by atoms with E-state index in [9.17, 15) is 14.4 Å². The number of aliphatic hydroxyl groups is 1. The Morgan fingerprint density at radius 3 is 2.08 bits per heavy atom. The Hall–Kier alpha value is -2.01. The normalized spacial score (nSPS) is 46.0. The highest BCUT2D eigenvalue weighted by molar-refractivity contribution is 6.04. The van der Waals surface area contributed by atoms with E-state index in [0.717, 1.165) is 32.1 Å². The Balaban J connectivity index is 0.00000107. The number of esters is 1. The topological polar surface area (TPSA) is 80.7 Å². The van der Waals surface area contributed by atoms with Gasteiger partial charge in [0.25, 0.3) is 0 Å². The molecule has 0 aliphatic heterocycles. The Morgan fingerprint density at radius 1 is 0.902 bits per heavy atom. The van der Waals surface area contributed by atoms with E-state index < -0.39 is 5.41 Å². The van der Waals surface area contributed by atoms with Crippen molar-refractivity contribution in [3.63, 3.8) is 0 Å². The molecule has 5 fully saturated rings. The number of carbonyl (C=O) groups is 3. The standard InChI is InChI=1S/C43H62O4.C3H8O/c1-26(2)30-13-18-42(25-44)20-19-39(9)32(35(30)42)11-12-34-38(8)16-14-31(37(6,7)33(38)15-17-40(34,39)10)29-21-41(22-29)23-43(24-41,28(5)45)36(46)47-27(3)4;1-3(2)4/h14,21,25,27,30,32-35H,1,11-13,15-20,22-24H2,2-10H3;3-4H,1-2H3/t30-,32+,33-,34+,35+,38-,39+,40+,41?,42+,43?;/m0./s1. The van der Waals surface area contributed by atoms with E-state index in [0.29, 0.717) is 42.4 Å². The van der Waals surface area contributed by atoms with Gasteiger partial charge in [-0.25, -0.2) is 0 Å². The van der Waals surface area contributed by atoms with E-state index in [4.69, 9.17) is 9.84 Å². The molecule has 0 amide bonds. The second-order valence-corrected chi connectivity index (χ2v) is 20.8. The van der Waals surface area contributed by atoms with Crippen LogP contribution in [0.15, 0.2) is 35.5 Å². The van der Waals surface area contributed by atoms with Gasteiger partial charge in [0.1, 0.15) is 17.5 Å². The molecular formula is C46H70O5. The zero-order valence-corrected chi connectivity index (χ0v) is 34.0. The lowest BCUT2D eigenvalue weighted by Crippen LogP contribution is -2.65. The number of aliphatic hydroxyl groups excluding tert-OH is 1. The average molecular weight is 703 g/mol. The number of hydrogen-bond acceptors (Lipinski definition) is 5. The Morgan fingerprint density at radius 2 is 1.53 bits per heavy atom. The SMILES string of the molecule is C=C(C)[C@@H]1CC[C@]2(C=O)CC[C@]3(C)[C@H](CC[C@@H]4[C@@]5(C)CC=C(C6=CC7(C6)CC(C(C)=O)(C(=O)OC(C)C)C7)C(C)(C)[C@@H]5CC[C@]43C)[C@@H]12.CC(C)O. The van der Waals surface area contributed by atoms with Crippen molar-refractivity contribution >= 4 is 18.0 Å². The minimum atomic E-state index is -0.961. The molecule has 0 aromatic rings. The quantitative estimate of drug-likeness (QED) is 0.129. The van der Waals surface area contributed by atoms with Crippen molar-refractivity contribution in [1.29, 1.82) is 0 Å². The third-order valence-corrected chi connectivity index (χ3v) is 17.0. The van der Waals surface area contributed by atoms with Crippen LogP contribution in [0, 0.1) is 67.5 Å². The number of ether oxygens (including phenoxy) is 1. The van der Waals surface area contributed by atoms with E-state index in [2.05, 4.69) is 60.3 Å². The second-order valence-electron chi connectivity index (χ2n) is 20.8. The maximum absolute atomic E-state index is 13.0. The highest BCUT2D eigenvalue weighted by atomic mass is 16.5. The number of aldehydes is 1. The molecule has 0 bridgehead atoms. The predicted molar refractivity (Wildman–Crippen MR) is 205 cm³/mol. The lowest BCUT2D eigenvalue weighted by molar-refractivity contribution is -0.224. The summed E-state index contributed by atoms with van der Waals surface area (Å²) in [5, 5.41) is 8.06. The van der Waals surface area contributed by atoms with Gasteiger partial charge in [-0.1, -0.05) is 58.9 Å². The summed E-state index contributed by atoms with van der Waals surface area (Å²) in [7, 11) is 0. The molecule has 7 rings (SSSR count). The molecule has 1 N–H and O–H groups in total. The molecule has 5 heteroatoms. The van der Waals surface area contributed by atoms with Gasteiger partial charge in [-0.05, 0) is 186 Å². The van der Waals surface area contributed by atoms with Gasteiger partial charge in [0.2, 0.25) is 0 Å². The maximum Gasteiger partial charge on any atom is 0.319 e. The van der Waals surface area contributed by atoms with Crippen molar-refractivity contribution < 1.29 is 24.2 Å². The highest BCUT2D eigenvalue weighted by Gasteiger charge is 2.71. The fourth-order valence-electron chi connectivity index (χ4n) is 14.7. The van der Waals surface area contributed by atoms with Gasteiger partial charge in [-0.2, -0.15) is 0 Å². The number of ketones is 1. The first-order valence-corrected chi connectivity index (χ1v) is 20.5. The monoisotopic (exact) mass is 703 g/mol. The molecular weight excluding hydrogens is 633 g/mol. The number of hydrogen-bond donors (Lipinski definition) is 1. The van der Waals surface area contributed by atoms with Crippen LogP contribution in [0.25, 0.3) is 0 Å². The first kappa shape index (κ1) is 38.7. The molecule has 0 saturated heterocycles. The van der Waals surface area contributed by atoms with Gasteiger partial charge in [-0.3, -0.25) is 9.59 Å². The third-order valence-electron chi connectivity index (χ3n) is 17.0. The molecule has 7 aliphatic rings. The van der Waals surface area contributed by atoms with Crippen molar-refractivity contribution in [3.8, 4) is 0 Å². The van der Waals surface area contributed by atoms with Crippen molar-refractivity contribution in [1.82, 2.24) is 0 Å². The Bertz CT molecular complexity index is 1520. The van der Waals surface area contributed by atoms with Crippen LogP contribution in [-0.2, 0) is 19.1 Å². The number of carbonyl (C=O) groups excluding carboxylic acids is 3. The predicted octanol–water partition coefficient (Wildman–Crippen LogP) is 10.4. The van der Waals surface area contributed by atoms with Crippen molar-refractivity contribution in [2.45, 2.75) is 165 Å². The molecule has 1 spiro atoms. The molecule has 0 unspecified atom stereocenters. The number of fused-ring (bicyclic) bond motifs is 7. The van der Waals surface area contributed by atoms with Gasteiger partial charge >= 0.3 is 5.97 Å². The molecule has 5 nitrogen and oxygen atoms in total. The summed E-state index contributed by atoms with van der Waals surface area (Å²) in [6.07, 6.45) is 18.9. The molecule has 0 heterocycles. The van der Waals surface area contributed by atoms with Gasteiger partial charge in [-0.15, -0.1) is 0 Å². The zero-order chi connectivity index (χ0) is 37.7. The molecule has 51 heavy (non-hydrogen) atoms. The number of Topliss-reactive ketones (excluding diaryl/α,β-unsaturated/α-hetero) is 1. The number of rotatable bonds is 6. The largest absolute Gasteiger partial charge is 0.462 e. The fraction of sp³-hybridized carbons (Fsp3) is 0.804. The van der Waals surface area contributed by atoms with Crippen LogP contribution in [0.3, 0.4) is 0 Å². The maximum atomic E-state index is 13.0. The molecule has 0 radical (unpaired) electrons. The fourth-order valence-corrected chi connectivity index (χ4v) is 14.7. The Kier molecular flexibility index (Phi) is 9.50. The molecule has 0 aromatic carbocycles.